The largest absolute Gasteiger partial charge is 0.456 e. The molecule has 0 N–H and O–H groups in total. The molecule has 0 unspecified atom stereocenters. The van der Waals surface area contributed by atoms with Gasteiger partial charge < -0.3 is 9.32 Å². The van der Waals surface area contributed by atoms with Gasteiger partial charge in [-0.05, 0) is 125 Å². The molecular formula is C55H37NO. The summed E-state index contributed by atoms with van der Waals surface area (Å²) in [5, 5.41) is 12.3. The Kier molecular flexibility index (Phi) is 6.72. The van der Waals surface area contributed by atoms with E-state index in [4.69, 9.17) is 4.42 Å². The van der Waals surface area contributed by atoms with Gasteiger partial charge in [0.15, 0.2) is 0 Å². The number of rotatable bonds is 4. The van der Waals surface area contributed by atoms with E-state index < -0.39 is 0 Å². The molecular weight excluding hydrogens is 691 g/mol. The van der Waals surface area contributed by atoms with E-state index in [2.05, 4.69) is 207 Å². The molecule has 0 aliphatic heterocycles. The van der Waals surface area contributed by atoms with E-state index in [0.29, 0.717) is 0 Å². The summed E-state index contributed by atoms with van der Waals surface area (Å²) < 4.78 is 6.72. The molecule has 11 aromatic rings. The fourth-order valence-electron chi connectivity index (χ4n) is 9.94. The van der Waals surface area contributed by atoms with Crippen molar-refractivity contribution >= 4 is 82.1 Å². The van der Waals surface area contributed by atoms with Crippen LogP contribution in [0.2, 0.25) is 0 Å². The lowest BCUT2D eigenvalue weighted by molar-refractivity contribution is 0.660. The Morgan fingerprint density at radius 2 is 0.877 bits per heavy atom. The van der Waals surface area contributed by atoms with Crippen LogP contribution in [0.1, 0.15) is 25.0 Å². The van der Waals surface area contributed by atoms with Crippen molar-refractivity contribution in [3.8, 4) is 22.3 Å². The van der Waals surface area contributed by atoms with E-state index in [0.717, 1.165) is 39.0 Å². The highest BCUT2D eigenvalue weighted by atomic mass is 16.3. The van der Waals surface area contributed by atoms with Gasteiger partial charge in [-0.1, -0.05) is 153 Å². The Bertz CT molecular complexity index is 3410. The van der Waals surface area contributed by atoms with Crippen LogP contribution in [0.5, 0.6) is 0 Å². The van der Waals surface area contributed by atoms with E-state index in [1.807, 2.05) is 0 Å². The lowest BCUT2D eigenvalue weighted by Crippen LogP contribution is -2.16. The Hall–Kier alpha value is -7.16. The van der Waals surface area contributed by atoms with Gasteiger partial charge in [0.25, 0.3) is 0 Å². The number of benzene rings is 10. The second kappa shape index (κ2) is 11.9. The summed E-state index contributed by atoms with van der Waals surface area (Å²) in [7, 11) is 0. The number of furan rings is 1. The van der Waals surface area contributed by atoms with Crippen LogP contribution in [0.15, 0.2) is 192 Å². The quantitative estimate of drug-likeness (QED) is 0.168. The standard InChI is InChI=1S/C55H37NO/c1-55(2)50-23-13-12-21-44(50)45-28-25-37(32-51(45)55)56(35-24-27-43-40-18-7-6-16-38(40)39-17-8-9-19-41(39)48(43)30-35)36-26-29-52-49(31-36)54-46-22-11-10-20-42(46)47(33-53(54)57-52)34-14-4-3-5-15-34/h3-33H,1-2H3. The Morgan fingerprint density at radius 3 is 1.61 bits per heavy atom. The molecule has 10 aromatic carbocycles. The van der Waals surface area contributed by atoms with E-state index in [9.17, 15) is 0 Å². The lowest BCUT2D eigenvalue weighted by Gasteiger charge is -2.28. The summed E-state index contributed by atoms with van der Waals surface area (Å²) in [5.74, 6) is 0. The summed E-state index contributed by atoms with van der Waals surface area (Å²) in [6.45, 7) is 4.72. The SMILES string of the molecule is CC1(C)c2ccccc2-c2ccc(N(c3ccc4c5ccccc5c5ccccc5c4c3)c3ccc4oc5cc(-c6ccccc6)c6ccccc6c5c4c3)cc21. The van der Waals surface area contributed by atoms with Crippen molar-refractivity contribution in [1.82, 2.24) is 0 Å². The average Bonchev–Trinajstić information content (AvgIpc) is 3.75. The number of fused-ring (bicyclic) bond motifs is 14. The summed E-state index contributed by atoms with van der Waals surface area (Å²) in [6.07, 6.45) is 0. The summed E-state index contributed by atoms with van der Waals surface area (Å²) in [5.41, 5.74) is 12.7. The van der Waals surface area contributed by atoms with E-state index in [1.165, 1.54) is 76.5 Å². The molecule has 57 heavy (non-hydrogen) atoms. The molecule has 0 radical (unpaired) electrons. The number of hydrogen-bond donors (Lipinski definition) is 0. The first-order valence-electron chi connectivity index (χ1n) is 19.8. The topological polar surface area (TPSA) is 16.4 Å². The molecule has 2 heteroatoms. The van der Waals surface area contributed by atoms with Crippen molar-refractivity contribution in [1.29, 1.82) is 0 Å². The van der Waals surface area contributed by atoms with Crippen LogP contribution in [0.3, 0.4) is 0 Å². The third kappa shape index (κ3) is 4.65. The molecule has 1 heterocycles. The monoisotopic (exact) mass is 727 g/mol. The molecule has 0 spiro atoms. The molecule has 1 aliphatic carbocycles. The van der Waals surface area contributed by atoms with Crippen LogP contribution in [0.4, 0.5) is 17.1 Å². The smallest absolute Gasteiger partial charge is 0.136 e. The molecule has 268 valence electrons. The van der Waals surface area contributed by atoms with Crippen LogP contribution in [-0.4, -0.2) is 0 Å². The van der Waals surface area contributed by atoms with Gasteiger partial charge in [0.1, 0.15) is 11.2 Å². The summed E-state index contributed by atoms with van der Waals surface area (Å²) in [6, 6.07) is 68.9. The molecule has 0 fully saturated rings. The Labute approximate surface area is 330 Å². The minimum atomic E-state index is -0.133. The first kappa shape index (κ1) is 32.1. The maximum absolute atomic E-state index is 6.72. The van der Waals surface area contributed by atoms with E-state index >= 15 is 0 Å². The van der Waals surface area contributed by atoms with Crippen LogP contribution in [0.25, 0.3) is 87.3 Å². The normalized spacial score (nSPS) is 13.2. The molecule has 0 bridgehead atoms. The average molecular weight is 728 g/mol. The maximum atomic E-state index is 6.72. The van der Waals surface area contributed by atoms with Crippen LogP contribution < -0.4 is 4.90 Å². The van der Waals surface area contributed by atoms with E-state index in [-0.39, 0.29) is 5.41 Å². The summed E-state index contributed by atoms with van der Waals surface area (Å²) in [4.78, 5) is 2.45. The first-order chi connectivity index (χ1) is 28.0. The van der Waals surface area contributed by atoms with Gasteiger partial charge in [-0.3, -0.25) is 0 Å². The fourth-order valence-corrected chi connectivity index (χ4v) is 9.94. The maximum Gasteiger partial charge on any atom is 0.136 e. The van der Waals surface area contributed by atoms with Gasteiger partial charge in [-0.2, -0.15) is 0 Å². The minimum absolute atomic E-state index is 0.133. The third-order valence-corrected chi connectivity index (χ3v) is 12.6. The van der Waals surface area contributed by atoms with Crippen molar-refractivity contribution in [2.45, 2.75) is 19.3 Å². The number of anilines is 3. The van der Waals surface area contributed by atoms with Gasteiger partial charge in [0, 0.05) is 33.2 Å². The highest BCUT2D eigenvalue weighted by Crippen LogP contribution is 2.51. The third-order valence-electron chi connectivity index (χ3n) is 12.6. The van der Waals surface area contributed by atoms with Crippen LogP contribution >= 0.6 is 0 Å². The van der Waals surface area contributed by atoms with Crippen molar-refractivity contribution in [3.05, 3.63) is 199 Å². The predicted molar refractivity (Wildman–Crippen MR) is 241 cm³/mol. The summed E-state index contributed by atoms with van der Waals surface area (Å²) >= 11 is 0. The zero-order chi connectivity index (χ0) is 37.8. The zero-order valence-electron chi connectivity index (χ0n) is 31.8. The predicted octanol–water partition coefficient (Wildman–Crippen LogP) is 15.6. The molecule has 0 amide bonds. The van der Waals surface area contributed by atoms with Crippen LogP contribution in [0, 0.1) is 0 Å². The van der Waals surface area contributed by atoms with Gasteiger partial charge in [-0.15, -0.1) is 0 Å². The lowest BCUT2D eigenvalue weighted by atomic mass is 9.82. The van der Waals surface area contributed by atoms with Crippen molar-refractivity contribution < 1.29 is 4.42 Å². The number of nitrogens with zero attached hydrogens (tertiary/aromatic N) is 1. The molecule has 12 rings (SSSR count). The first-order valence-corrected chi connectivity index (χ1v) is 19.8. The van der Waals surface area contributed by atoms with E-state index in [1.54, 1.807) is 0 Å². The molecule has 1 aliphatic rings. The van der Waals surface area contributed by atoms with Crippen molar-refractivity contribution in [3.63, 3.8) is 0 Å². The Morgan fingerprint density at radius 1 is 0.351 bits per heavy atom. The highest BCUT2D eigenvalue weighted by Gasteiger charge is 2.36. The minimum Gasteiger partial charge on any atom is -0.456 e. The molecule has 1 aromatic heterocycles. The van der Waals surface area contributed by atoms with Crippen LogP contribution in [-0.2, 0) is 5.41 Å². The number of hydrogen-bond acceptors (Lipinski definition) is 2. The Balaban J connectivity index is 1.13. The van der Waals surface area contributed by atoms with Gasteiger partial charge in [0.2, 0.25) is 0 Å². The highest BCUT2D eigenvalue weighted by molar-refractivity contribution is 6.26. The molecule has 0 atom stereocenters. The zero-order valence-corrected chi connectivity index (χ0v) is 31.8. The molecule has 2 nitrogen and oxygen atoms in total. The van der Waals surface area contributed by atoms with Gasteiger partial charge >= 0.3 is 0 Å². The molecule has 0 saturated heterocycles. The van der Waals surface area contributed by atoms with Crippen molar-refractivity contribution in [2.75, 3.05) is 4.90 Å². The second-order valence-corrected chi connectivity index (χ2v) is 16.0. The second-order valence-electron chi connectivity index (χ2n) is 16.0. The van der Waals surface area contributed by atoms with Gasteiger partial charge in [-0.25, -0.2) is 0 Å². The fraction of sp³-hybridized carbons (Fsp3) is 0.0545. The van der Waals surface area contributed by atoms with Crippen molar-refractivity contribution in [2.24, 2.45) is 0 Å². The van der Waals surface area contributed by atoms with Gasteiger partial charge in [0.05, 0.1) is 0 Å². The molecule has 0 saturated carbocycles.